The quantitative estimate of drug-likeness (QED) is 0.486. The highest BCUT2D eigenvalue weighted by atomic mass is 14.7. The average molecular weight is 362 g/mol. The molecular weight excluding hydrogens is 339 g/mol. The van der Waals surface area contributed by atoms with Crippen molar-refractivity contribution in [2.24, 2.45) is 0 Å². The summed E-state index contributed by atoms with van der Waals surface area (Å²) in [5.41, 5.74) is 7.08. The van der Waals surface area contributed by atoms with E-state index < -0.39 is 0 Å². The molecule has 2 heterocycles. The minimum Gasteiger partial charge on any atom is -0.264 e. The third kappa shape index (κ3) is 3.22. The van der Waals surface area contributed by atoms with Gasteiger partial charge in [0.2, 0.25) is 0 Å². The number of pyridine rings is 2. The maximum absolute atomic E-state index is 4.92. The van der Waals surface area contributed by atoms with Gasteiger partial charge >= 0.3 is 0 Å². The lowest BCUT2D eigenvalue weighted by Crippen LogP contribution is -2.09. The lowest BCUT2D eigenvalue weighted by molar-refractivity contribution is 0.724. The number of nitrogens with zero attached hydrogens (tertiary/aromatic N) is 2. The molecule has 0 aliphatic heterocycles. The molecular formula is C25H23BN2. The van der Waals surface area contributed by atoms with E-state index in [4.69, 9.17) is 4.98 Å². The van der Waals surface area contributed by atoms with Crippen LogP contribution in [0.15, 0.2) is 73.1 Å². The minimum absolute atomic E-state index is 0.732. The molecule has 0 saturated heterocycles. The molecule has 5 rings (SSSR count). The van der Waals surface area contributed by atoms with Gasteiger partial charge in [0.05, 0.1) is 5.69 Å². The maximum Gasteiger partial charge on any atom is 0.163 e. The monoisotopic (exact) mass is 362 g/mol. The molecule has 0 amide bonds. The van der Waals surface area contributed by atoms with E-state index >= 15 is 0 Å². The van der Waals surface area contributed by atoms with Gasteiger partial charge in [-0.25, -0.2) is 0 Å². The summed E-state index contributed by atoms with van der Waals surface area (Å²) in [7, 11) is 2.09. The van der Waals surface area contributed by atoms with Gasteiger partial charge in [0, 0.05) is 28.9 Å². The van der Waals surface area contributed by atoms with Gasteiger partial charge in [0.1, 0.15) is 0 Å². The van der Waals surface area contributed by atoms with E-state index in [9.17, 15) is 0 Å². The third-order valence-corrected chi connectivity index (χ3v) is 5.94. The molecule has 2 aromatic heterocycles. The summed E-state index contributed by atoms with van der Waals surface area (Å²) >= 11 is 0. The van der Waals surface area contributed by atoms with Gasteiger partial charge in [-0.15, -0.1) is 0 Å². The van der Waals surface area contributed by atoms with Crippen molar-refractivity contribution in [3.05, 3.63) is 78.6 Å². The van der Waals surface area contributed by atoms with Crippen molar-refractivity contribution in [1.29, 1.82) is 0 Å². The molecule has 1 saturated carbocycles. The first-order chi connectivity index (χ1) is 13.8. The number of aromatic nitrogens is 2. The minimum atomic E-state index is 0.732. The molecule has 4 aromatic rings. The predicted octanol–water partition coefficient (Wildman–Crippen LogP) is 4.88. The molecule has 1 aliphatic rings. The van der Waals surface area contributed by atoms with Gasteiger partial charge < -0.3 is 0 Å². The summed E-state index contributed by atoms with van der Waals surface area (Å²) in [6.07, 6.45) is 9.11. The molecule has 0 spiro atoms. The zero-order chi connectivity index (χ0) is 18.9. The predicted molar refractivity (Wildman–Crippen MR) is 120 cm³/mol. The molecule has 0 radical (unpaired) electrons. The highest BCUT2D eigenvalue weighted by molar-refractivity contribution is 6.32. The molecule has 2 nitrogen and oxygen atoms in total. The Labute approximate surface area is 167 Å². The van der Waals surface area contributed by atoms with Gasteiger partial charge in [-0.3, -0.25) is 9.97 Å². The van der Waals surface area contributed by atoms with Gasteiger partial charge in [-0.2, -0.15) is 0 Å². The molecule has 1 aliphatic carbocycles. The van der Waals surface area contributed by atoms with Crippen molar-refractivity contribution in [2.75, 3.05) is 0 Å². The zero-order valence-electron chi connectivity index (χ0n) is 16.2. The van der Waals surface area contributed by atoms with Gasteiger partial charge in [0.25, 0.3) is 0 Å². The summed E-state index contributed by atoms with van der Waals surface area (Å²) in [6.45, 7) is 0. The van der Waals surface area contributed by atoms with Crippen LogP contribution in [0.4, 0.5) is 0 Å². The maximum atomic E-state index is 4.92. The summed E-state index contributed by atoms with van der Waals surface area (Å²) in [5, 5.41) is 2.54. The van der Waals surface area contributed by atoms with Crippen LogP contribution in [0.2, 0.25) is 0 Å². The molecule has 0 N–H and O–H groups in total. The number of hydrogen-bond acceptors (Lipinski definition) is 2. The van der Waals surface area contributed by atoms with Crippen molar-refractivity contribution in [1.82, 2.24) is 9.97 Å². The average Bonchev–Trinajstić information content (AvgIpc) is 3.28. The smallest absolute Gasteiger partial charge is 0.163 e. The molecule has 2 aromatic carbocycles. The van der Waals surface area contributed by atoms with Crippen molar-refractivity contribution in [3.8, 4) is 22.4 Å². The van der Waals surface area contributed by atoms with Crippen LogP contribution in [-0.4, -0.2) is 17.8 Å². The van der Waals surface area contributed by atoms with Gasteiger partial charge in [-0.1, -0.05) is 55.3 Å². The fourth-order valence-corrected chi connectivity index (χ4v) is 4.52. The topological polar surface area (TPSA) is 25.8 Å². The molecule has 0 atom stereocenters. The number of fused-ring (bicyclic) bond motifs is 1. The van der Waals surface area contributed by atoms with Gasteiger partial charge in [-0.05, 0) is 59.1 Å². The number of rotatable bonds is 3. The fourth-order valence-electron chi connectivity index (χ4n) is 4.52. The fraction of sp³-hybridized carbons (Fsp3) is 0.200. The van der Waals surface area contributed by atoms with Gasteiger partial charge in [0.15, 0.2) is 7.85 Å². The Morgan fingerprint density at radius 3 is 2.46 bits per heavy atom. The van der Waals surface area contributed by atoms with E-state index in [2.05, 4.69) is 67.4 Å². The van der Waals surface area contributed by atoms with Crippen LogP contribution >= 0.6 is 0 Å². The largest absolute Gasteiger partial charge is 0.264 e. The molecule has 3 heteroatoms. The highest BCUT2D eigenvalue weighted by Crippen LogP contribution is 2.36. The van der Waals surface area contributed by atoms with Crippen LogP contribution in [-0.2, 0) is 0 Å². The molecule has 1 fully saturated rings. The van der Waals surface area contributed by atoms with E-state index in [1.165, 1.54) is 47.6 Å². The first-order valence-electron chi connectivity index (χ1n) is 10.2. The number of benzene rings is 2. The van der Waals surface area contributed by atoms with E-state index in [0.29, 0.717) is 0 Å². The van der Waals surface area contributed by atoms with Crippen molar-refractivity contribution < 1.29 is 0 Å². The normalized spacial score (nSPS) is 14.6. The first kappa shape index (κ1) is 17.2. The number of hydrogen-bond donors (Lipinski definition) is 0. The lowest BCUT2D eigenvalue weighted by atomic mass is 9.91. The second kappa shape index (κ2) is 7.24. The summed E-state index contributed by atoms with van der Waals surface area (Å²) in [5.74, 6) is 0.732. The van der Waals surface area contributed by atoms with Crippen LogP contribution in [0.1, 0.15) is 37.2 Å². The van der Waals surface area contributed by atoms with Crippen molar-refractivity contribution >= 4 is 24.2 Å². The van der Waals surface area contributed by atoms with E-state index in [1.807, 2.05) is 18.5 Å². The Morgan fingerprint density at radius 1 is 0.821 bits per heavy atom. The Hall–Kier alpha value is -2.94. The van der Waals surface area contributed by atoms with Crippen LogP contribution < -0.4 is 5.59 Å². The third-order valence-electron chi connectivity index (χ3n) is 5.94. The zero-order valence-corrected chi connectivity index (χ0v) is 16.2. The lowest BCUT2D eigenvalue weighted by Gasteiger charge is -2.14. The van der Waals surface area contributed by atoms with Crippen LogP contribution in [0.25, 0.3) is 33.2 Å². The molecule has 0 bridgehead atoms. The van der Waals surface area contributed by atoms with E-state index in [1.54, 1.807) is 0 Å². The Bertz CT molecular complexity index is 1130. The van der Waals surface area contributed by atoms with E-state index in [0.717, 1.165) is 28.3 Å². The van der Waals surface area contributed by atoms with Crippen molar-refractivity contribution in [2.45, 2.75) is 31.6 Å². The second-order valence-electron chi connectivity index (χ2n) is 7.90. The Morgan fingerprint density at radius 2 is 1.64 bits per heavy atom. The highest BCUT2D eigenvalue weighted by Gasteiger charge is 2.18. The summed E-state index contributed by atoms with van der Waals surface area (Å²) < 4.78 is 0. The first-order valence-corrected chi connectivity index (χ1v) is 10.2. The molecule has 0 unspecified atom stereocenters. The SMILES string of the molecule is Bc1cc2cc(C3CCCC3)ccc2c(-c2cccc(-c3cccnc3)c2)n1. The van der Waals surface area contributed by atoms with Crippen LogP contribution in [0.3, 0.4) is 0 Å². The van der Waals surface area contributed by atoms with Crippen LogP contribution in [0, 0.1) is 0 Å². The van der Waals surface area contributed by atoms with Crippen molar-refractivity contribution in [3.63, 3.8) is 0 Å². The summed E-state index contributed by atoms with van der Waals surface area (Å²) in [6, 6.07) is 21.9. The van der Waals surface area contributed by atoms with Crippen LogP contribution in [0.5, 0.6) is 0 Å². The second-order valence-corrected chi connectivity index (χ2v) is 7.90. The Kier molecular flexibility index (Phi) is 4.44. The standard InChI is InChI=1S/C25H23BN2/c26-24-15-22-14-19(17-5-1-2-6-17)10-11-23(22)25(28-24)20-8-3-7-18(13-20)21-9-4-12-27-16-21/h3-4,7-17H,1-2,5-6,26H2. The molecule has 136 valence electrons. The van der Waals surface area contributed by atoms with E-state index in [-0.39, 0.29) is 0 Å². The molecule has 28 heavy (non-hydrogen) atoms. The Balaban J connectivity index is 1.62. The summed E-state index contributed by atoms with van der Waals surface area (Å²) in [4.78, 5) is 9.18.